The number of ketones is 1. The monoisotopic (exact) mass is 488 g/mol. The second-order valence-electron chi connectivity index (χ2n) is 8.68. The number of aliphatic imine (C=N–C) groups is 1. The first-order valence-corrected chi connectivity index (χ1v) is 11.0. The Labute approximate surface area is 199 Å². The van der Waals surface area contributed by atoms with E-state index in [0.29, 0.717) is 24.6 Å². The molecule has 6 nitrogen and oxygen atoms in total. The van der Waals surface area contributed by atoms with Crippen LogP contribution in [0.25, 0.3) is 0 Å². The molecule has 0 spiro atoms. The van der Waals surface area contributed by atoms with E-state index < -0.39 is 29.0 Å². The number of alkyl halides is 3. The van der Waals surface area contributed by atoms with Crippen LogP contribution in [0.4, 0.5) is 28.9 Å². The molecule has 0 amide bonds. The van der Waals surface area contributed by atoms with Gasteiger partial charge in [-0.05, 0) is 60.9 Å². The fraction of sp³-hybridized carbons (Fsp3) is 0.320. The number of aromatic nitrogens is 2. The number of carbonyl (C=O) groups excluding carboxylic acids is 1. The summed E-state index contributed by atoms with van der Waals surface area (Å²) in [6.07, 6.45) is -0.923. The molecule has 0 radical (unpaired) electrons. The predicted molar refractivity (Wildman–Crippen MR) is 124 cm³/mol. The number of nitrogens with one attached hydrogen (secondary N) is 2. The lowest BCUT2D eigenvalue weighted by Crippen LogP contribution is -2.30. The Balaban J connectivity index is 1.55. The van der Waals surface area contributed by atoms with E-state index in [0.717, 1.165) is 30.7 Å². The SMILES string of the molecule is C=Nc1c(F)cc(C2(C)CCOCC2)cc1NCc1cc(C(=O)c2cccnc2C(F)(F)F)c[nH]1. The minimum absolute atomic E-state index is 0.0528. The van der Waals surface area contributed by atoms with Gasteiger partial charge in [-0.2, -0.15) is 13.2 Å². The van der Waals surface area contributed by atoms with Gasteiger partial charge in [-0.25, -0.2) is 4.39 Å². The minimum atomic E-state index is -4.75. The van der Waals surface area contributed by atoms with Gasteiger partial charge >= 0.3 is 6.18 Å². The molecule has 0 atom stereocenters. The van der Waals surface area contributed by atoms with E-state index in [1.54, 1.807) is 0 Å². The summed E-state index contributed by atoms with van der Waals surface area (Å²) in [6, 6.07) is 7.12. The van der Waals surface area contributed by atoms with Crippen molar-refractivity contribution >= 4 is 23.9 Å². The first-order valence-electron chi connectivity index (χ1n) is 11.0. The van der Waals surface area contributed by atoms with E-state index in [2.05, 4.69) is 33.9 Å². The number of aromatic amines is 1. The zero-order valence-corrected chi connectivity index (χ0v) is 19.0. The minimum Gasteiger partial charge on any atom is -0.381 e. The van der Waals surface area contributed by atoms with Gasteiger partial charge in [0.1, 0.15) is 5.69 Å². The number of ether oxygens (including phenoxy) is 1. The van der Waals surface area contributed by atoms with Gasteiger partial charge in [-0.15, -0.1) is 0 Å². The number of nitrogens with zero attached hydrogens (tertiary/aromatic N) is 2. The molecule has 3 aromatic rings. The lowest BCUT2D eigenvalue weighted by atomic mass is 9.76. The molecule has 3 heterocycles. The van der Waals surface area contributed by atoms with Crippen LogP contribution in [0.2, 0.25) is 0 Å². The summed E-state index contributed by atoms with van der Waals surface area (Å²) in [5.41, 5.74) is -0.138. The number of hydrogen-bond donors (Lipinski definition) is 2. The van der Waals surface area contributed by atoms with E-state index in [1.807, 2.05) is 6.07 Å². The highest BCUT2D eigenvalue weighted by Gasteiger charge is 2.37. The molecule has 0 aliphatic carbocycles. The maximum atomic E-state index is 14.8. The fourth-order valence-corrected chi connectivity index (χ4v) is 4.19. The van der Waals surface area contributed by atoms with Gasteiger partial charge in [0.25, 0.3) is 0 Å². The number of pyridine rings is 1. The molecule has 1 aromatic carbocycles. The van der Waals surface area contributed by atoms with Crippen LogP contribution in [0.15, 0.2) is 47.7 Å². The number of carbonyl (C=O) groups is 1. The van der Waals surface area contributed by atoms with Crippen molar-refractivity contribution in [1.82, 2.24) is 9.97 Å². The molecule has 2 N–H and O–H groups in total. The highest BCUT2D eigenvalue weighted by Crippen LogP contribution is 2.39. The summed E-state index contributed by atoms with van der Waals surface area (Å²) in [4.78, 5) is 22.8. The molecular weight excluding hydrogens is 464 g/mol. The van der Waals surface area contributed by atoms with Crippen molar-refractivity contribution in [2.24, 2.45) is 4.99 Å². The fourth-order valence-electron chi connectivity index (χ4n) is 4.19. The van der Waals surface area contributed by atoms with E-state index in [4.69, 9.17) is 4.74 Å². The second-order valence-corrected chi connectivity index (χ2v) is 8.68. The van der Waals surface area contributed by atoms with Crippen LogP contribution in [0.5, 0.6) is 0 Å². The maximum absolute atomic E-state index is 14.8. The highest BCUT2D eigenvalue weighted by molar-refractivity contribution is 6.09. The Morgan fingerprint density at radius 2 is 2.03 bits per heavy atom. The quantitative estimate of drug-likeness (QED) is 0.250. The van der Waals surface area contributed by atoms with Gasteiger partial charge in [0.15, 0.2) is 17.3 Å². The van der Waals surface area contributed by atoms with E-state index >= 15 is 0 Å². The van der Waals surface area contributed by atoms with Crippen LogP contribution in [-0.2, 0) is 22.9 Å². The Bertz CT molecular complexity index is 1250. The Morgan fingerprint density at radius 1 is 1.29 bits per heavy atom. The average Bonchev–Trinajstić information content (AvgIpc) is 3.31. The van der Waals surface area contributed by atoms with Crippen LogP contribution in [0.3, 0.4) is 0 Å². The van der Waals surface area contributed by atoms with Gasteiger partial charge in [0, 0.05) is 36.9 Å². The van der Waals surface area contributed by atoms with Crippen LogP contribution in [-0.4, -0.2) is 35.7 Å². The third-order valence-electron chi connectivity index (χ3n) is 6.31. The summed E-state index contributed by atoms with van der Waals surface area (Å²) >= 11 is 0. The Kier molecular flexibility index (Phi) is 6.75. The molecule has 1 fully saturated rings. The van der Waals surface area contributed by atoms with Crippen LogP contribution in [0, 0.1) is 5.82 Å². The second kappa shape index (κ2) is 9.61. The van der Waals surface area contributed by atoms with Crippen molar-refractivity contribution in [3.05, 3.63) is 76.6 Å². The molecule has 2 aromatic heterocycles. The number of H-pyrrole nitrogens is 1. The molecule has 0 unspecified atom stereocenters. The average molecular weight is 488 g/mol. The molecule has 4 rings (SSSR count). The summed E-state index contributed by atoms with van der Waals surface area (Å²) in [7, 11) is 0. The molecular formula is C25H24F4N4O2. The summed E-state index contributed by atoms with van der Waals surface area (Å²) in [5.74, 6) is -1.31. The zero-order chi connectivity index (χ0) is 25.2. The van der Waals surface area contributed by atoms with Crippen molar-refractivity contribution in [2.75, 3.05) is 18.5 Å². The molecule has 0 saturated carbocycles. The van der Waals surface area contributed by atoms with Crippen LogP contribution in [0.1, 0.15) is 52.6 Å². The third-order valence-corrected chi connectivity index (χ3v) is 6.31. The number of benzene rings is 1. The molecule has 10 heteroatoms. The molecule has 1 aliphatic heterocycles. The van der Waals surface area contributed by atoms with Gasteiger partial charge in [-0.1, -0.05) is 6.92 Å². The topological polar surface area (TPSA) is 79.4 Å². The highest BCUT2D eigenvalue weighted by atomic mass is 19.4. The van der Waals surface area contributed by atoms with Gasteiger partial charge in [-0.3, -0.25) is 14.8 Å². The van der Waals surface area contributed by atoms with Gasteiger partial charge in [0.05, 0.1) is 17.8 Å². The van der Waals surface area contributed by atoms with E-state index in [9.17, 15) is 22.4 Å². The van der Waals surface area contributed by atoms with Crippen molar-refractivity contribution < 1.29 is 27.1 Å². The third kappa shape index (κ3) is 5.12. The zero-order valence-electron chi connectivity index (χ0n) is 19.0. The maximum Gasteiger partial charge on any atom is 0.434 e. The van der Waals surface area contributed by atoms with Crippen molar-refractivity contribution in [3.8, 4) is 0 Å². The standard InChI is InChI=1S/C25H24F4N4O2/c1-24(5-8-35-9-6-24)16-11-19(26)21(30-2)20(12-16)33-14-17-10-15(13-32-17)22(34)18-4-3-7-31-23(18)25(27,28)29/h3-4,7,10-13,32-33H,2,5-6,8-9,14H2,1H3. The van der Waals surface area contributed by atoms with Crippen LogP contribution < -0.4 is 5.32 Å². The van der Waals surface area contributed by atoms with Crippen molar-refractivity contribution in [3.63, 3.8) is 0 Å². The summed E-state index contributed by atoms with van der Waals surface area (Å²) in [6.45, 7) is 6.85. The van der Waals surface area contributed by atoms with Gasteiger partial charge in [0.2, 0.25) is 0 Å². The summed E-state index contributed by atoms with van der Waals surface area (Å²) in [5, 5.41) is 3.11. The lowest BCUT2D eigenvalue weighted by Gasteiger charge is -2.34. The summed E-state index contributed by atoms with van der Waals surface area (Å²) < 4.78 is 60.0. The number of anilines is 1. The number of hydrogen-bond acceptors (Lipinski definition) is 5. The molecule has 0 bridgehead atoms. The Hall–Kier alpha value is -3.53. The predicted octanol–water partition coefficient (Wildman–Crippen LogP) is 5.81. The normalized spacial score (nSPS) is 15.6. The van der Waals surface area contributed by atoms with E-state index in [1.165, 1.54) is 24.4 Å². The largest absolute Gasteiger partial charge is 0.434 e. The smallest absolute Gasteiger partial charge is 0.381 e. The molecule has 1 aliphatic rings. The van der Waals surface area contributed by atoms with E-state index in [-0.39, 0.29) is 23.2 Å². The van der Waals surface area contributed by atoms with Crippen molar-refractivity contribution in [2.45, 2.75) is 37.9 Å². The molecule has 1 saturated heterocycles. The molecule has 184 valence electrons. The Morgan fingerprint density at radius 3 is 2.71 bits per heavy atom. The number of halogens is 4. The van der Waals surface area contributed by atoms with Crippen molar-refractivity contribution in [1.29, 1.82) is 0 Å². The first-order chi connectivity index (χ1) is 16.6. The van der Waals surface area contributed by atoms with Crippen LogP contribution >= 0.6 is 0 Å². The lowest BCUT2D eigenvalue weighted by molar-refractivity contribution is -0.141. The first kappa shape index (κ1) is 24.6. The molecule has 35 heavy (non-hydrogen) atoms. The van der Waals surface area contributed by atoms with Gasteiger partial charge < -0.3 is 15.0 Å². The number of rotatable bonds is 7.